The molecule has 0 radical (unpaired) electrons. The summed E-state index contributed by atoms with van der Waals surface area (Å²) in [6.07, 6.45) is 8.75. The molecule has 0 bridgehead atoms. The first-order chi connectivity index (χ1) is 9.36. The molecule has 0 amide bonds. The van der Waals surface area contributed by atoms with Crippen molar-refractivity contribution in [2.24, 2.45) is 0 Å². The van der Waals surface area contributed by atoms with E-state index in [0.29, 0.717) is 6.04 Å². The number of anilines is 1. The largest absolute Gasteiger partial charge is 0.366 e. The molecule has 5 nitrogen and oxygen atoms in total. The third-order valence-electron chi connectivity index (χ3n) is 3.85. The van der Waals surface area contributed by atoms with Crippen molar-refractivity contribution in [3.05, 3.63) is 18.0 Å². The monoisotopic (exact) mass is 259 g/mol. The van der Waals surface area contributed by atoms with Gasteiger partial charge in [0, 0.05) is 12.5 Å². The Morgan fingerprint density at radius 1 is 1.16 bits per heavy atom. The first-order valence-corrected chi connectivity index (χ1v) is 7.34. The number of fused-ring (bicyclic) bond motifs is 1. The maximum Gasteiger partial charge on any atom is 0.178 e. The fourth-order valence-electron chi connectivity index (χ4n) is 2.76. The van der Waals surface area contributed by atoms with Crippen molar-refractivity contribution >= 4 is 11.5 Å². The van der Waals surface area contributed by atoms with Crippen LogP contribution in [0.15, 0.2) is 12.1 Å². The number of rotatable bonds is 3. The second-order valence-corrected chi connectivity index (χ2v) is 5.29. The third-order valence-corrected chi connectivity index (χ3v) is 3.85. The lowest BCUT2D eigenvalue weighted by molar-refractivity contribution is 0.615. The van der Waals surface area contributed by atoms with Gasteiger partial charge in [0.05, 0.1) is 0 Å². The topological polar surface area (TPSA) is 55.1 Å². The molecule has 2 aromatic heterocycles. The molecule has 3 rings (SSSR count). The number of nitrogens with zero attached hydrogens (tertiary/aromatic N) is 4. The first kappa shape index (κ1) is 12.4. The van der Waals surface area contributed by atoms with E-state index in [2.05, 4.69) is 27.5 Å². The molecular weight excluding hydrogens is 238 g/mol. The van der Waals surface area contributed by atoms with Crippen LogP contribution in [-0.2, 0) is 6.42 Å². The molecule has 0 spiro atoms. The second-order valence-electron chi connectivity index (χ2n) is 5.29. The Balaban J connectivity index is 1.80. The van der Waals surface area contributed by atoms with Crippen LogP contribution in [0.2, 0.25) is 0 Å². The van der Waals surface area contributed by atoms with E-state index in [4.69, 9.17) is 0 Å². The van der Waals surface area contributed by atoms with Crippen molar-refractivity contribution in [2.45, 2.75) is 57.9 Å². The van der Waals surface area contributed by atoms with E-state index >= 15 is 0 Å². The minimum Gasteiger partial charge on any atom is -0.366 e. The van der Waals surface area contributed by atoms with E-state index in [-0.39, 0.29) is 0 Å². The van der Waals surface area contributed by atoms with E-state index in [1.807, 2.05) is 16.6 Å². The molecule has 0 aliphatic heterocycles. The van der Waals surface area contributed by atoms with E-state index in [1.54, 1.807) is 0 Å². The minimum absolute atomic E-state index is 0.564. The van der Waals surface area contributed by atoms with Crippen LogP contribution in [-0.4, -0.2) is 25.9 Å². The molecule has 19 heavy (non-hydrogen) atoms. The van der Waals surface area contributed by atoms with Crippen LogP contribution >= 0.6 is 0 Å². The molecular formula is C14H21N5. The maximum absolute atomic E-state index is 4.61. The zero-order chi connectivity index (χ0) is 13.1. The lowest BCUT2D eigenvalue weighted by Crippen LogP contribution is -2.19. The molecule has 0 unspecified atom stereocenters. The van der Waals surface area contributed by atoms with Gasteiger partial charge in [-0.2, -0.15) is 4.52 Å². The highest BCUT2D eigenvalue weighted by Crippen LogP contribution is 2.20. The van der Waals surface area contributed by atoms with Crippen LogP contribution in [0.5, 0.6) is 0 Å². The average Bonchev–Trinajstić information content (AvgIpc) is 2.66. The van der Waals surface area contributed by atoms with Gasteiger partial charge in [0.2, 0.25) is 0 Å². The van der Waals surface area contributed by atoms with Crippen molar-refractivity contribution in [3.8, 4) is 0 Å². The van der Waals surface area contributed by atoms with Crippen LogP contribution in [0.3, 0.4) is 0 Å². The molecule has 1 fully saturated rings. The lowest BCUT2D eigenvalue weighted by atomic mass is 10.1. The molecule has 2 heterocycles. The standard InChI is InChI=1S/C14H21N5/c1-2-13-16-17-14-10-9-12(18-19(13)14)15-11-7-5-3-4-6-8-11/h9-11H,2-8H2,1H3,(H,15,18). The molecule has 0 atom stereocenters. The minimum atomic E-state index is 0.564. The summed E-state index contributed by atoms with van der Waals surface area (Å²) in [5, 5.41) is 16.4. The molecule has 102 valence electrons. The summed E-state index contributed by atoms with van der Waals surface area (Å²) in [7, 11) is 0. The fraction of sp³-hybridized carbons (Fsp3) is 0.643. The highest BCUT2D eigenvalue weighted by atomic mass is 15.4. The maximum atomic E-state index is 4.61. The predicted molar refractivity (Wildman–Crippen MR) is 75.3 cm³/mol. The van der Waals surface area contributed by atoms with Crippen molar-refractivity contribution in [1.82, 2.24) is 19.8 Å². The highest BCUT2D eigenvalue weighted by molar-refractivity contribution is 5.44. The van der Waals surface area contributed by atoms with Crippen LogP contribution < -0.4 is 5.32 Å². The Hall–Kier alpha value is -1.65. The molecule has 2 aromatic rings. The van der Waals surface area contributed by atoms with Crippen LogP contribution in [0, 0.1) is 0 Å². The van der Waals surface area contributed by atoms with Crippen LogP contribution in [0.4, 0.5) is 5.82 Å². The normalized spacial score (nSPS) is 17.5. The van der Waals surface area contributed by atoms with Gasteiger partial charge in [-0.25, -0.2) is 0 Å². The summed E-state index contributed by atoms with van der Waals surface area (Å²) in [4.78, 5) is 0. The van der Waals surface area contributed by atoms with Gasteiger partial charge in [-0.3, -0.25) is 0 Å². The Morgan fingerprint density at radius 2 is 1.95 bits per heavy atom. The van der Waals surface area contributed by atoms with Gasteiger partial charge in [-0.15, -0.1) is 15.3 Å². The zero-order valence-corrected chi connectivity index (χ0v) is 11.5. The quantitative estimate of drug-likeness (QED) is 0.861. The first-order valence-electron chi connectivity index (χ1n) is 7.34. The molecule has 1 N–H and O–H groups in total. The number of hydrogen-bond donors (Lipinski definition) is 1. The predicted octanol–water partition coefficient (Wildman–Crippen LogP) is 2.82. The van der Waals surface area contributed by atoms with Gasteiger partial charge in [-0.1, -0.05) is 32.6 Å². The highest BCUT2D eigenvalue weighted by Gasteiger charge is 2.13. The number of aryl methyl sites for hydroxylation is 1. The van der Waals surface area contributed by atoms with Crippen molar-refractivity contribution < 1.29 is 0 Å². The summed E-state index contributed by atoms with van der Waals surface area (Å²) in [6.45, 7) is 2.07. The molecule has 1 saturated carbocycles. The Bertz CT molecular complexity index is 540. The van der Waals surface area contributed by atoms with E-state index < -0.39 is 0 Å². The Kier molecular flexibility index (Phi) is 3.62. The second kappa shape index (κ2) is 5.55. The summed E-state index contributed by atoms with van der Waals surface area (Å²) < 4.78 is 1.85. The molecule has 1 aliphatic rings. The van der Waals surface area contributed by atoms with Gasteiger partial charge in [0.15, 0.2) is 11.5 Å². The van der Waals surface area contributed by atoms with Crippen LogP contribution in [0.1, 0.15) is 51.3 Å². The molecule has 0 aromatic carbocycles. The molecule has 1 aliphatic carbocycles. The molecule has 5 heteroatoms. The molecule has 0 saturated heterocycles. The average molecular weight is 259 g/mol. The number of aromatic nitrogens is 4. The van der Waals surface area contributed by atoms with Gasteiger partial charge in [0.25, 0.3) is 0 Å². The summed E-state index contributed by atoms with van der Waals surface area (Å²) >= 11 is 0. The summed E-state index contributed by atoms with van der Waals surface area (Å²) in [6, 6.07) is 4.56. The summed E-state index contributed by atoms with van der Waals surface area (Å²) in [5.41, 5.74) is 0.822. The van der Waals surface area contributed by atoms with E-state index in [1.165, 1.54) is 38.5 Å². The smallest absolute Gasteiger partial charge is 0.178 e. The summed E-state index contributed by atoms with van der Waals surface area (Å²) in [5.74, 6) is 1.86. The van der Waals surface area contributed by atoms with Crippen molar-refractivity contribution in [2.75, 3.05) is 5.32 Å². The number of hydrogen-bond acceptors (Lipinski definition) is 4. The van der Waals surface area contributed by atoms with Crippen LogP contribution in [0.25, 0.3) is 5.65 Å². The Labute approximate surface area is 113 Å². The fourth-order valence-corrected chi connectivity index (χ4v) is 2.76. The zero-order valence-electron chi connectivity index (χ0n) is 11.5. The van der Waals surface area contributed by atoms with Gasteiger partial charge in [-0.05, 0) is 25.0 Å². The van der Waals surface area contributed by atoms with Gasteiger partial charge < -0.3 is 5.32 Å². The van der Waals surface area contributed by atoms with Crippen molar-refractivity contribution in [1.29, 1.82) is 0 Å². The van der Waals surface area contributed by atoms with E-state index in [9.17, 15) is 0 Å². The number of nitrogens with one attached hydrogen (secondary N) is 1. The van der Waals surface area contributed by atoms with Gasteiger partial charge >= 0.3 is 0 Å². The third kappa shape index (κ3) is 2.69. The van der Waals surface area contributed by atoms with Crippen molar-refractivity contribution in [3.63, 3.8) is 0 Å². The van der Waals surface area contributed by atoms with E-state index in [0.717, 1.165) is 23.7 Å². The lowest BCUT2D eigenvalue weighted by Gasteiger charge is -2.16. The SMILES string of the molecule is CCc1nnc2ccc(NC3CCCCCC3)nn12. The van der Waals surface area contributed by atoms with Gasteiger partial charge in [0.1, 0.15) is 5.82 Å². The Morgan fingerprint density at radius 3 is 2.68 bits per heavy atom.